The van der Waals surface area contributed by atoms with Gasteiger partial charge in [-0.2, -0.15) is 0 Å². The van der Waals surface area contributed by atoms with Gasteiger partial charge in [0.25, 0.3) is 0 Å². The zero-order chi connectivity index (χ0) is 14.6. The molecule has 4 fully saturated rings. The molecular weight excluding hydrogens is 266 g/mol. The monoisotopic (exact) mass is 291 g/mol. The van der Waals surface area contributed by atoms with Crippen molar-refractivity contribution in [3.8, 4) is 0 Å². The van der Waals surface area contributed by atoms with Gasteiger partial charge >= 0.3 is 5.97 Å². The molecule has 4 saturated carbocycles. The van der Waals surface area contributed by atoms with Crippen LogP contribution in [0.15, 0.2) is 0 Å². The number of carbonyl (C=O) groups excluding carboxylic acids is 1. The predicted molar refractivity (Wildman–Crippen MR) is 77.5 cm³/mol. The third-order valence-corrected chi connectivity index (χ3v) is 6.83. The zero-order valence-electron chi connectivity index (χ0n) is 12.5. The molecule has 4 atom stereocenters. The molecule has 2 N–H and O–H groups in total. The third-order valence-electron chi connectivity index (χ3n) is 6.83. The molecule has 21 heavy (non-hydrogen) atoms. The Labute approximate surface area is 125 Å². The Morgan fingerprint density at radius 3 is 2.24 bits per heavy atom. The molecule has 4 aliphatic rings. The van der Waals surface area contributed by atoms with Crippen molar-refractivity contribution in [3.05, 3.63) is 0 Å². The summed E-state index contributed by atoms with van der Waals surface area (Å²) in [5.41, 5.74) is -0.786. The Bertz CT molecular complexity index is 453. The normalized spacial score (nSPS) is 42.4. The van der Waals surface area contributed by atoms with E-state index >= 15 is 0 Å². The predicted octanol–water partition coefficient (Wildman–Crippen LogP) is 2.57. The summed E-state index contributed by atoms with van der Waals surface area (Å²) in [5.74, 6) is 2.34. The molecule has 0 spiro atoms. The van der Waals surface area contributed by atoms with Crippen LogP contribution in [0, 0.1) is 29.1 Å². The topological polar surface area (TPSA) is 66.4 Å². The van der Waals surface area contributed by atoms with E-state index in [1.165, 1.54) is 19.3 Å². The van der Waals surface area contributed by atoms with Gasteiger partial charge in [0.15, 0.2) is 0 Å². The summed E-state index contributed by atoms with van der Waals surface area (Å²) in [6, 6.07) is 0.373. The smallest absolute Gasteiger partial charge is 0.310 e. The first-order chi connectivity index (χ1) is 10.1. The Kier molecular flexibility index (Phi) is 3.05. The Hall–Kier alpha value is -1.06. The molecule has 4 unspecified atom stereocenters. The SMILES string of the molecule is O=C(CC1(C(=O)O)CCCCC1)NC1C2C3CCC(C3)C12. The van der Waals surface area contributed by atoms with Crippen molar-refractivity contribution in [1.82, 2.24) is 5.32 Å². The van der Waals surface area contributed by atoms with E-state index in [9.17, 15) is 14.7 Å². The molecule has 116 valence electrons. The Balaban J connectivity index is 1.36. The summed E-state index contributed by atoms with van der Waals surface area (Å²) in [4.78, 5) is 24.0. The Morgan fingerprint density at radius 2 is 1.67 bits per heavy atom. The van der Waals surface area contributed by atoms with Crippen molar-refractivity contribution in [2.24, 2.45) is 29.1 Å². The second-order valence-electron chi connectivity index (χ2n) is 7.90. The summed E-state index contributed by atoms with van der Waals surface area (Å²) < 4.78 is 0. The van der Waals surface area contributed by atoms with Gasteiger partial charge in [-0.1, -0.05) is 19.3 Å². The third kappa shape index (κ3) is 2.09. The minimum atomic E-state index is -0.786. The highest BCUT2D eigenvalue weighted by atomic mass is 16.4. The average Bonchev–Trinajstić information content (AvgIpc) is 2.84. The van der Waals surface area contributed by atoms with Crippen LogP contribution in [0.25, 0.3) is 0 Å². The van der Waals surface area contributed by atoms with Gasteiger partial charge in [-0.25, -0.2) is 0 Å². The van der Waals surface area contributed by atoms with Gasteiger partial charge in [-0.05, 0) is 55.8 Å². The molecule has 4 rings (SSSR count). The number of carbonyl (C=O) groups is 2. The molecule has 0 aromatic rings. The molecule has 0 aliphatic heterocycles. The number of nitrogens with one attached hydrogen (secondary N) is 1. The number of hydrogen-bond donors (Lipinski definition) is 2. The maximum absolute atomic E-state index is 12.4. The van der Waals surface area contributed by atoms with Crippen LogP contribution >= 0.6 is 0 Å². The molecule has 2 bridgehead atoms. The summed E-state index contributed by atoms with van der Waals surface area (Å²) in [6.07, 6.45) is 8.57. The molecule has 1 amide bonds. The first-order valence-electron chi connectivity index (χ1n) is 8.63. The van der Waals surface area contributed by atoms with Gasteiger partial charge in [0.1, 0.15) is 0 Å². The number of carboxylic acids is 1. The van der Waals surface area contributed by atoms with E-state index in [2.05, 4.69) is 5.32 Å². The van der Waals surface area contributed by atoms with Gasteiger partial charge < -0.3 is 10.4 Å². The highest BCUT2D eigenvalue weighted by Gasteiger charge is 2.65. The fourth-order valence-corrected chi connectivity index (χ4v) is 5.76. The van der Waals surface area contributed by atoms with E-state index in [1.54, 1.807) is 0 Å². The minimum Gasteiger partial charge on any atom is -0.481 e. The number of aliphatic carboxylic acids is 1. The lowest BCUT2D eigenvalue weighted by molar-refractivity contribution is -0.154. The van der Waals surface area contributed by atoms with Crippen molar-refractivity contribution in [1.29, 1.82) is 0 Å². The van der Waals surface area contributed by atoms with E-state index in [4.69, 9.17) is 0 Å². The van der Waals surface area contributed by atoms with E-state index in [0.717, 1.165) is 42.9 Å². The zero-order valence-corrected chi connectivity index (χ0v) is 12.5. The van der Waals surface area contributed by atoms with Crippen LogP contribution in [0.2, 0.25) is 0 Å². The number of amides is 1. The fourth-order valence-electron chi connectivity index (χ4n) is 5.76. The molecule has 0 radical (unpaired) electrons. The van der Waals surface area contributed by atoms with E-state index < -0.39 is 11.4 Å². The first-order valence-corrected chi connectivity index (χ1v) is 8.63. The van der Waals surface area contributed by atoms with Gasteiger partial charge in [0.05, 0.1) is 5.41 Å². The lowest BCUT2D eigenvalue weighted by Gasteiger charge is -2.32. The molecule has 4 heteroatoms. The van der Waals surface area contributed by atoms with E-state index in [1.807, 2.05) is 0 Å². The van der Waals surface area contributed by atoms with Crippen LogP contribution in [-0.2, 0) is 9.59 Å². The van der Waals surface area contributed by atoms with E-state index in [-0.39, 0.29) is 12.3 Å². The maximum atomic E-state index is 12.4. The molecule has 0 saturated heterocycles. The molecule has 4 nitrogen and oxygen atoms in total. The van der Waals surface area contributed by atoms with Crippen LogP contribution < -0.4 is 5.32 Å². The lowest BCUT2D eigenvalue weighted by atomic mass is 9.71. The fraction of sp³-hybridized carbons (Fsp3) is 0.882. The molecule has 0 heterocycles. The van der Waals surface area contributed by atoms with Crippen LogP contribution in [0.4, 0.5) is 0 Å². The average molecular weight is 291 g/mol. The maximum Gasteiger partial charge on any atom is 0.310 e. The van der Waals surface area contributed by atoms with Crippen LogP contribution in [0.5, 0.6) is 0 Å². The second-order valence-corrected chi connectivity index (χ2v) is 7.90. The highest BCUT2D eigenvalue weighted by molar-refractivity contribution is 5.85. The van der Waals surface area contributed by atoms with Gasteiger partial charge in [-0.3, -0.25) is 9.59 Å². The minimum absolute atomic E-state index is 0.0156. The van der Waals surface area contributed by atoms with Gasteiger partial charge in [0.2, 0.25) is 5.91 Å². The summed E-state index contributed by atoms with van der Waals surface area (Å²) in [7, 11) is 0. The standard InChI is InChI=1S/C17H25NO3/c19-12(9-17(16(20)21)6-2-1-3-7-17)18-15-13-10-4-5-11(8-10)14(13)15/h10-11,13-15H,1-9H2,(H,18,19)(H,20,21). The number of hydrogen-bond acceptors (Lipinski definition) is 2. The quantitative estimate of drug-likeness (QED) is 0.836. The molecular formula is C17H25NO3. The van der Waals surface area contributed by atoms with Crippen LogP contribution in [-0.4, -0.2) is 23.0 Å². The molecule has 0 aromatic carbocycles. The van der Waals surface area contributed by atoms with Crippen LogP contribution in [0.1, 0.15) is 57.8 Å². The first kappa shape index (κ1) is 13.6. The second kappa shape index (κ2) is 4.72. The number of carboxylic acid groups (broad SMARTS) is 1. The van der Waals surface area contributed by atoms with Crippen molar-refractivity contribution >= 4 is 11.9 Å². The lowest BCUT2D eigenvalue weighted by Crippen LogP contribution is -2.40. The summed E-state index contributed by atoms with van der Waals surface area (Å²) in [5, 5.41) is 12.7. The number of fused-ring (bicyclic) bond motifs is 5. The van der Waals surface area contributed by atoms with E-state index in [0.29, 0.717) is 18.9 Å². The largest absolute Gasteiger partial charge is 0.481 e. The van der Waals surface area contributed by atoms with Crippen LogP contribution in [0.3, 0.4) is 0 Å². The summed E-state index contributed by atoms with van der Waals surface area (Å²) in [6.45, 7) is 0. The van der Waals surface area contributed by atoms with Crippen molar-refractivity contribution in [2.45, 2.75) is 63.8 Å². The van der Waals surface area contributed by atoms with Crippen molar-refractivity contribution < 1.29 is 14.7 Å². The van der Waals surface area contributed by atoms with Gasteiger partial charge in [-0.15, -0.1) is 0 Å². The Morgan fingerprint density at radius 1 is 1.05 bits per heavy atom. The molecule has 4 aliphatic carbocycles. The van der Waals surface area contributed by atoms with Crippen molar-refractivity contribution in [2.75, 3.05) is 0 Å². The van der Waals surface area contributed by atoms with Crippen molar-refractivity contribution in [3.63, 3.8) is 0 Å². The van der Waals surface area contributed by atoms with Gasteiger partial charge in [0, 0.05) is 12.5 Å². The summed E-state index contributed by atoms with van der Waals surface area (Å²) >= 11 is 0. The highest BCUT2D eigenvalue weighted by Crippen LogP contribution is 2.65. The molecule has 0 aromatic heterocycles. The number of rotatable bonds is 4.